The number of halogens is 1. The second kappa shape index (κ2) is 8.69. The van der Waals surface area contributed by atoms with Crippen molar-refractivity contribution in [3.8, 4) is 5.75 Å². The van der Waals surface area contributed by atoms with E-state index in [1.165, 1.54) is 36.9 Å². The molecule has 1 amide bonds. The number of amides is 1. The summed E-state index contributed by atoms with van der Waals surface area (Å²) in [6.07, 6.45) is 2.54. The van der Waals surface area contributed by atoms with Gasteiger partial charge in [0.15, 0.2) is 5.13 Å². The predicted molar refractivity (Wildman–Crippen MR) is 119 cm³/mol. The number of piperidine rings is 1. The van der Waals surface area contributed by atoms with Crippen molar-refractivity contribution >= 4 is 44.2 Å². The molecule has 29 heavy (non-hydrogen) atoms. The number of likely N-dealkylation sites (tertiary alicyclic amines) is 1. The summed E-state index contributed by atoms with van der Waals surface area (Å²) in [5.41, 5.74) is 2.56. The summed E-state index contributed by atoms with van der Waals surface area (Å²) in [6.45, 7) is 5.60. The Hall–Kier alpha value is -2.15. The van der Waals surface area contributed by atoms with E-state index in [1.54, 1.807) is 18.2 Å². The van der Waals surface area contributed by atoms with Crippen LogP contribution in [0, 0.1) is 5.92 Å². The van der Waals surface area contributed by atoms with Crippen molar-refractivity contribution in [1.82, 2.24) is 9.88 Å². The van der Waals surface area contributed by atoms with Crippen LogP contribution in [0.2, 0.25) is 5.02 Å². The topological polar surface area (TPSA) is 54.5 Å². The molecule has 0 unspecified atom stereocenters. The summed E-state index contributed by atoms with van der Waals surface area (Å²) in [4.78, 5) is 19.8. The highest BCUT2D eigenvalue weighted by Crippen LogP contribution is 2.29. The Morgan fingerprint density at radius 2 is 2.07 bits per heavy atom. The molecule has 4 rings (SSSR count). The van der Waals surface area contributed by atoms with E-state index < -0.39 is 0 Å². The Labute approximate surface area is 179 Å². The fourth-order valence-corrected chi connectivity index (χ4v) is 4.72. The smallest absolute Gasteiger partial charge is 0.261 e. The monoisotopic (exact) mass is 429 g/mol. The van der Waals surface area contributed by atoms with Crippen molar-refractivity contribution in [2.75, 3.05) is 25.5 Å². The number of aromatic nitrogens is 1. The zero-order chi connectivity index (χ0) is 20.4. The SMILES string of the molecule is COc1ccc(Cl)cc1C(=O)Nc1nc2ccc(CN3CCC(C)CC3)cc2s1. The molecular formula is C22H24ClN3O2S. The van der Waals surface area contributed by atoms with Crippen molar-refractivity contribution in [3.63, 3.8) is 0 Å². The van der Waals surface area contributed by atoms with Crippen LogP contribution in [0.25, 0.3) is 10.2 Å². The normalized spacial score (nSPS) is 15.6. The molecule has 7 heteroatoms. The van der Waals surface area contributed by atoms with E-state index in [1.807, 2.05) is 6.07 Å². The number of fused-ring (bicyclic) bond motifs is 1. The lowest BCUT2D eigenvalue weighted by atomic mass is 9.99. The van der Waals surface area contributed by atoms with E-state index in [2.05, 4.69) is 34.3 Å². The summed E-state index contributed by atoms with van der Waals surface area (Å²) in [7, 11) is 1.53. The van der Waals surface area contributed by atoms with E-state index in [-0.39, 0.29) is 5.91 Å². The molecule has 0 saturated carbocycles. The van der Waals surface area contributed by atoms with Crippen LogP contribution < -0.4 is 10.1 Å². The van der Waals surface area contributed by atoms with Gasteiger partial charge in [-0.1, -0.05) is 35.9 Å². The van der Waals surface area contributed by atoms with Gasteiger partial charge in [-0.05, 0) is 67.7 Å². The number of hydrogen-bond acceptors (Lipinski definition) is 5. The molecule has 1 N–H and O–H groups in total. The Bertz CT molecular complexity index is 1030. The van der Waals surface area contributed by atoms with Gasteiger partial charge in [-0.3, -0.25) is 15.0 Å². The third-order valence-electron chi connectivity index (χ3n) is 5.36. The standard InChI is InChI=1S/C22H24ClN3O2S/c1-14-7-9-26(10-8-14)13-15-3-5-18-20(11-15)29-22(24-18)25-21(27)17-12-16(23)4-6-19(17)28-2/h3-6,11-12,14H,7-10,13H2,1-2H3,(H,24,25,27). The molecule has 1 fully saturated rings. The fourth-order valence-electron chi connectivity index (χ4n) is 3.62. The van der Waals surface area contributed by atoms with Crippen molar-refractivity contribution in [2.24, 2.45) is 5.92 Å². The van der Waals surface area contributed by atoms with Crippen LogP contribution in [-0.2, 0) is 6.54 Å². The molecule has 2 aromatic carbocycles. The van der Waals surface area contributed by atoms with Gasteiger partial charge in [0.25, 0.3) is 5.91 Å². The highest BCUT2D eigenvalue weighted by atomic mass is 35.5. The fraction of sp³-hybridized carbons (Fsp3) is 0.364. The van der Waals surface area contributed by atoms with Crippen molar-refractivity contribution in [2.45, 2.75) is 26.3 Å². The lowest BCUT2D eigenvalue weighted by molar-refractivity contribution is 0.102. The zero-order valence-electron chi connectivity index (χ0n) is 16.6. The van der Waals surface area contributed by atoms with Crippen LogP contribution in [0.3, 0.4) is 0 Å². The van der Waals surface area contributed by atoms with E-state index in [9.17, 15) is 4.79 Å². The number of rotatable bonds is 5. The molecule has 0 atom stereocenters. The van der Waals surface area contributed by atoms with Gasteiger partial charge >= 0.3 is 0 Å². The first kappa shape index (κ1) is 20.1. The number of hydrogen-bond donors (Lipinski definition) is 1. The van der Waals surface area contributed by atoms with E-state index in [0.29, 0.717) is 21.5 Å². The zero-order valence-corrected chi connectivity index (χ0v) is 18.1. The van der Waals surface area contributed by atoms with E-state index in [4.69, 9.17) is 16.3 Å². The number of nitrogens with one attached hydrogen (secondary N) is 1. The average Bonchev–Trinajstić information content (AvgIpc) is 3.11. The minimum absolute atomic E-state index is 0.286. The number of nitrogens with zero attached hydrogens (tertiary/aromatic N) is 2. The van der Waals surface area contributed by atoms with Gasteiger partial charge in [0.2, 0.25) is 0 Å². The molecule has 1 aromatic heterocycles. The Balaban J connectivity index is 1.49. The highest BCUT2D eigenvalue weighted by molar-refractivity contribution is 7.22. The minimum Gasteiger partial charge on any atom is -0.496 e. The van der Waals surface area contributed by atoms with Crippen molar-refractivity contribution in [3.05, 3.63) is 52.5 Å². The summed E-state index contributed by atoms with van der Waals surface area (Å²) in [5, 5.41) is 3.92. The molecule has 152 valence electrons. The summed E-state index contributed by atoms with van der Waals surface area (Å²) < 4.78 is 6.34. The first-order chi connectivity index (χ1) is 14.0. The lowest BCUT2D eigenvalue weighted by Crippen LogP contribution is -2.32. The quantitative estimate of drug-likeness (QED) is 0.586. The van der Waals surface area contributed by atoms with Gasteiger partial charge in [-0.15, -0.1) is 0 Å². The van der Waals surface area contributed by atoms with Crippen LogP contribution in [0.15, 0.2) is 36.4 Å². The number of carbonyl (C=O) groups is 1. The largest absolute Gasteiger partial charge is 0.496 e. The maximum Gasteiger partial charge on any atom is 0.261 e. The number of methoxy groups -OCH3 is 1. The molecule has 0 radical (unpaired) electrons. The van der Waals surface area contributed by atoms with Gasteiger partial charge < -0.3 is 4.74 Å². The number of anilines is 1. The Morgan fingerprint density at radius 3 is 2.83 bits per heavy atom. The molecule has 5 nitrogen and oxygen atoms in total. The number of carbonyl (C=O) groups excluding carboxylic acids is 1. The van der Waals surface area contributed by atoms with E-state index in [0.717, 1.165) is 35.8 Å². The molecule has 1 aliphatic rings. The molecular weight excluding hydrogens is 406 g/mol. The molecule has 1 saturated heterocycles. The first-order valence-corrected chi connectivity index (χ1v) is 11.0. The molecule has 0 aliphatic carbocycles. The first-order valence-electron chi connectivity index (χ1n) is 9.78. The Morgan fingerprint density at radius 1 is 1.28 bits per heavy atom. The van der Waals surface area contributed by atoms with Crippen molar-refractivity contribution < 1.29 is 9.53 Å². The molecule has 3 aromatic rings. The van der Waals surface area contributed by atoms with Crippen molar-refractivity contribution in [1.29, 1.82) is 0 Å². The van der Waals surface area contributed by atoms with Gasteiger partial charge in [0.05, 0.1) is 22.9 Å². The third kappa shape index (κ3) is 4.71. The Kier molecular flexibility index (Phi) is 6.04. The van der Waals surface area contributed by atoms with Gasteiger partial charge in [0, 0.05) is 11.6 Å². The van der Waals surface area contributed by atoms with Crippen LogP contribution in [0.1, 0.15) is 35.7 Å². The van der Waals surface area contributed by atoms with Crippen LogP contribution in [0.5, 0.6) is 5.75 Å². The summed E-state index contributed by atoms with van der Waals surface area (Å²) in [6, 6.07) is 11.3. The lowest BCUT2D eigenvalue weighted by Gasteiger charge is -2.30. The molecule has 1 aliphatic heterocycles. The van der Waals surface area contributed by atoms with Crippen LogP contribution in [0.4, 0.5) is 5.13 Å². The second-order valence-corrected chi connectivity index (χ2v) is 9.05. The van der Waals surface area contributed by atoms with Gasteiger partial charge in [-0.2, -0.15) is 0 Å². The highest BCUT2D eigenvalue weighted by Gasteiger charge is 2.17. The minimum atomic E-state index is -0.286. The maximum atomic E-state index is 12.7. The second-order valence-electron chi connectivity index (χ2n) is 7.58. The molecule has 0 spiro atoms. The number of benzene rings is 2. The van der Waals surface area contributed by atoms with E-state index >= 15 is 0 Å². The predicted octanol–water partition coefficient (Wildman–Crippen LogP) is 5.44. The maximum absolute atomic E-state index is 12.7. The van der Waals surface area contributed by atoms with Gasteiger partial charge in [0.1, 0.15) is 5.75 Å². The van der Waals surface area contributed by atoms with Gasteiger partial charge in [-0.25, -0.2) is 4.98 Å². The van der Waals surface area contributed by atoms with Crippen LogP contribution >= 0.6 is 22.9 Å². The summed E-state index contributed by atoms with van der Waals surface area (Å²) >= 11 is 7.52. The number of ether oxygens (including phenoxy) is 1. The summed E-state index contributed by atoms with van der Waals surface area (Å²) in [5.74, 6) is 1.02. The molecule has 2 heterocycles. The average molecular weight is 430 g/mol. The third-order valence-corrected chi connectivity index (χ3v) is 6.53. The van der Waals surface area contributed by atoms with Crippen LogP contribution in [-0.4, -0.2) is 36.0 Å². The number of thiazole rings is 1. The molecule has 0 bridgehead atoms.